The Morgan fingerprint density at radius 2 is 2.44 bits per heavy atom. The molecule has 1 aliphatic heterocycles. The number of furan rings is 1. The van der Waals surface area contributed by atoms with Crippen molar-refractivity contribution in [2.24, 2.45) is 0 Å². The van der Waals surface area contributed by atoms with Crippen molar-refractivity contribution < 1.29 is 9.15 Å². The average Bonchev–Trinajstić information content (AvgIpc) is 3.00. The molecule has 4 nitrogen and oxygen atoms in total. The topological polar surface area (TPSA) is 37.6 Å². The van der Waals surface area contributed by atoms with Gasteiger partial charge in [-0.1, -0.05) is 0 Å². The van der Waals surface area contributed by atoms with Gasteiger partial charge in [-0.25, -0.2) is 0 Å². The molecular weight excluding hydrogens is 228 g/mol. The molecule has 1 aromatic heterocycles. The Kier molecular flexibility index (Phi) is 5.23. The first-order chi connectivity index (χ1) is 8.75. The van der Waals surface area contributed by atoms with Crippen LogP contribution >= 0.6 is 0 Å². The molecule has 1 aromatic rings. The van der Waals surface area contributed by atoms with E-state index in [1.54, 1.807) is 6.26 Å². The van der Waals surface area contributed by atoms with Gasteiger partial charge < -0.3 is 19.4 Å². The molecule has 0 bridgehead atoms. The molecule has 1 N–H and O–H groups in total. The van der Waals surface area contributed by atoms with Gasteiger partial charge in [0.05, 0.1) is 18.4 Å². The van der Waals surface area contributed by atoms with Crippen LogP contribution in [0.15, 0.2) is 22.8 Å². The molecule has 0 spiro atoms. The number of nitrogens with zero attached hydrogens (tertiary/aromatic N) is 1. The van der Waals surface area contributed by atoms with Crippen molar-refractivity contribution in [1.82, 2.24) is 10.2 Å². The summed E-state index contributed by atoms with van der Waals surface area (Å²) >= 11 is 0. The Hall–Kier alpha value is -0.840. The molecule has 0 radical (unpaired) electrons. The monoisotopic (exact) mass is 252 g/mol. The molecule has 4 heteroatoms. The van der Waals surface area contributed by atoms with Crippen LogP contribution in [0.25, 0.3) is 0 Å². The number of likely N-dealkylation sites (N-methyl/N-ethyl adjacent to an activating group) is 1. The van der Waals surface area contributed by atoms with Crippen molar-refractivity contribution in [3.05, 3.63) is 24.2 Å². The third-order valence-electron chi connectivity index (χ3n) is 3.45. The summed E-state index contributed by atoms with van der Waals surface area (Å²) in [6.45, 7) is 6.10. The molecule has 2 heterocycles. The molecule has 0 amide bonds. The third kappa shape index (κ3) is 4.12. The van der Waals surface area contributed by atoms with E-state index in [0.29, 0.717) is 6.10 Å². The highest BCUT2D eigenvalue weighted by Gasteiger charge is 2.17. The van der Waals surface area contributed by atoms with Gasteiger partial charge in [-0.3, -0.25) is 0 Å². The van der Waals surface area contributed by atoms with Gasteiger partial charge in [0.2, 0.25) is 0 Å². The van der Waals surface area contributed by atoms with E-state index < -0.39 is 0 Å². The van der Waals surface area contributed by atoms with E-state index in [1.807, 2.05) is 12.1 Å². The van der Waals surface area contributed by atoms with Crippen molar-refractivity contribution in [2.45, 2.75) is 31.9 Å². The maximum Gasteiger partial charge on any atom is 0.120 e. The van der Waals surface area contributed by atoms with Gasteiger partial charge in [-0.2, -0.15) is 0 Å². The summed E-state index contributed by atoms with van der Waals surface area (Å²) < 4.78 is 11.0. The van der Waals surface area contributed by atoms with Gasteiger partial charge in [0.15, 0.2) is 0 Å². The lowest BCUT2D eigenvalue weighted by Crippen LogP contribution is -2.35. The summed E-state index contributed by atoms with van der Waals surface area (Å²) in [7, 11) is 2.15. The standard InChI is InChI=1S/C14H24N2O2/c1-12(14-6-4-10-18-14)15-7-8-16(2)11-13-5-3-9-17-13/h4,6,10,12-13,15H,3,5,7-9,11H2,1-2H3. The second-order valence-corrected chi connectivity index (χ2v) is 5.09. The number of ether oxygens (including phenoxy) is 1. The molecule has 0 aromatic carbocycles. The number of rotatable bonds is 7. The number of nitrogens with one attached hydrogen (secondary N) is 1. The van der Waals surface area contributed by atoms with E-state index in [2.05, 4.69) is 24.2 Å². The summed E-state index contributed by atoms with van der Waals surface area (Å²) in [5, 5.41) is 3.46. The van der Waals surface area contributed by atoms with Gasteiger partial charge >= 0.3 is 0 Å². The van der Waals surface area contributed by atoms with Crippen LogP contribution in [-0.4, -0.2) is 44.3 Å². The smallest absolute Gasteiger partial charge is 0.120 e. The van der Waals surface area contributed by atoms with Crippen LogP contribution in [0, 0.1) is 0 Å². The highest BCUT2D eigenvalue weighted by molar-refractivity contribution is 5.02. The largest absolute Gasteiger partial charge is 0.468 e. The zero-order chi connectivity index (χ0) is 12.8. The number of hydrogen-bond acceptors (Lipinski definition) is 4. The molecule has 2 rings (SSSR count). The highest BCUT2D eigenvalue weighted by atomic mass is 16.5. The maximum atomic E-state index is 5.63. The van der Waals surface area contributed by atoms with Gasteiger partial charge in [0, 0.05) is 26.2 Å². The van der Waals surface area contributed by atoms with Crippen LogP contribution < -0.4 is 5.32 Å². The van der Waals surface area contributed by atoms with E-state index in [4.69, 9.17) is 9.15 Å². The number of hydrogen-bond donors (Lipinski definition) is 1. The fourth-order valence-corrected chi connectivity index (χ4v) is 2.34. The summed E-state index contributed by atoms with van der Waals surface area (Å²) in [5.74, 6) is 0.997. The summed E-state index contributed by atoms with van der Waals surface area (Å²) in [6, 6.07) is 4.21. The van der Waals surface area contributed by atoms with Gasteiger partial charge in [-0.05, 0) is 38.9 Å². The second kappa shape index (κ2) is 6.92. The maximum absolute atomic E-state index is 5.63. The van der Waals surface area contributed by atoms with E-state index >= 15 is 0 Å². The Labute approximate surface area is 109 Å². The predicted molar refractivity (Wildman–Crippen MR) is 71.6 cm³/mol. The van der Waals surface area contributed by atoms with Crippen LogP contribution in [0.5, 0.6) is 0 Å². The minimum absolute atomic E-state index is 0.274. The van der Waals surface area contributed by atoms with Gasteiger partial charge in [0.25, 0.3) is 0 Å². The van der Waals surface area contributed by atoms with Gasteiger partial charge in [0.1, 0.15) is 5.76 Å². The summed E-state index contributed by atoms with van der Waals surface area (Å²) in [6.07, 6.45) is 4.58. The van der Waals surface area contributed by atoms with E-state index in [1.165, 1.54) is 12.8 Å². The van der Waals surface area contributed by atoms with Crippen molar-refractivity contribution in [1.29, 1.82) is 0 Å². The van der Waals surface area contributed by atoms with E-state index in [0.717, 1.165) is 32.0 Å². The lowest BCUT2D eigenvalue weighted by molar-refractivity contribution is 0.0813. The second-order valence-electron chi connectivity index (χ2n) is 5.09. The lowest BCUT2D eigenvalue weighted by atomic mass is 10.2. The molecule has 0 aliphatic carbocycles. The van der Waals surface area contributed by atoms with Crippen molar-refractivity contribution >= 4 is 0 Å². The lowest BCUT2D eigenvalue weighted by Gasteiger charge is -2.21. The highest BCUT2D eigenvalue weighted by Crippen LogP contribution is 2.13. The minimum atomic E-state index is 0.274. The predicted octanol–water partition coefficient (Wildman–Crippen LogP) is 2.04. The van der Waals surface area contributed by atoms with Crippen molar-refractivity contribution in [3.63, 3.8) is 0 Å². The molecule has 102 valence electrons. The third-order valence-corrected chi connectivity index (χ3v) is 3.45. The Morgan fingerprint density at radius 1 is 1.56 bits per heavy atom. The molecular formula is C14H24N2O2. The Bertz CT molecular complexity index is 321. The molecule has 1 saturated heterocycles. The minimum Gasteiger partial charge on any atom is -0.468 e. The Balaban J connectivity index is 1.59. The zero-order valence-corrected chi connectivity index (χ0v) is 11.4. The fourth-order valence-electron chi connectivity index (χ4n) is 2.34. The molecule has 1 aliphatic rings. The van der Waals surface area contributed by atoms with E-state index in [9.17, 15) is 0 Å². The zero-order valence-electron chi connectivity index (χ0n) is 11.4. The fraction of sp³-hybridized carbons (Fsp3) is 0.714. The molecule has 18 heavy (non-hydrogen) atoms. The van der Waals surface area contributed by atoms with Crippen LogP contribution in [-0.2, 0) is 4.74 Å². The van der Waals surface area contributed by atoms with Crippen LogP contribution in [0.4, 0.5) is 0 Å². The van der Waals surface area contributed by atoms with E-state index in [-0.39, 0.29) is 6.04 Å². The molecule has 2 unspecified atom stereocenters. The first-order valence-electron chi connectivity index (χ1n) is 6.82. The molecule has 1 fully saturated rings. The Morgan fingerprint density at radius 3 is 3.11 bits per heavy atom. The van der Waals surface area contributed by atoms with Gasteiger partial charge in [-0.15, -0.1) is 0 Å². The molecule has 2 atom stereocenters. The first kappa shape index (κ1) is 13.6. The normalized spacial score (nSPS) is 21.6. The SMILES string of the molecule is CC(NCCN(C)CC1CCCO1)c1ccco1. The summed E-state index contributed by atoms with van der Waals surface area (Å²) in [5.41, 5.74) is 0. The first-order valence-corrected chi connectivity index (χ1v) is 6.82. The molecule has 0 saturated carbocycles. The average molecular weight is 252 g/mol. The quantitative estimate of drug-likeness (QED) is 0.806. The van der Waals surface area contributed by atoms with Crippen molar-refractivity contribution in [3.8, 4) is 0 Å². The van der Waals surface area contributed by atoms with Crippen molar-refractivity contribution in [2.75, 3.05) is 33.3 Å². The van der Waals surface area contributed by atoms with Crippen LogP contribution in [0.3, 0.4) is 0 Å². The van der Waals surface area contributed by atoms with Crippen LogP contribution in [0.2, 0.25) is 0 Å². The van der Waals surface area contributed by atoms with Crippen LogP contribution in [0.1, 0.15) is 31.6 Å². The summed E-state index contributed by atoms with van der Waals surface area (Å²) in [4.78, 5) is 2.33.